The number of benzene rings is 1. The first-order valence-electron chi connectivity index (χ1n) is 7.46. The van der Waals surface area contributed by atoms with Crippen LogP contribution < -0.4 is 5.32 Å². The van der Waals surface area contributed by atoms with Gasteiger partial charge in [0.25, 0.3) is 5.91 Å². The molecule has 1 aromatic heterocycles. The molecule has 0 saturated carbocycles. The second-order valence-electron chi connectivity index (χ2n) is 5.17. The van der Waals surface area contributed by atoms with Crippen LogP contribution >= 0.6 is 0 Å². The Morgan fingerprint density at radius 3 is 2.68 bits per heavy atom. The minimum atomic E-state index is -0.209. The molecule has 1 amide bonds. The van der Waals surface area contributed by atoms with Crippen molar-refractivity contribution in [3.05, 3.63) is 41.2 Å². The van der Waals surface area contributed by atoms with Crippen LogP contribution in [0.1, 0.15) is 41.5 Å². The average Bonchev–Trinajstić information content (AvgIpc) is 2.92. The number of unbranched alkanes of at least 4 members (excludes halogenated alkanes) is 1. The van der Waals surface area contributed by atoms with Crippen molar-refractivity contribution in [2.75, 3.05) is 13.7 Å². The molecule has 0 aliphatic carbocycles. The average molecular weight is 302 g/mol. The highest BCUT2D eigenvalue weighted by Crippen LogP contribution is 2.15. The van der Waals surface area contributed by atoms with Crippen molar-refractivity contribution in [1.82, 2.24) is 20.3 Å². The highest BCUT2D eigenvalue weighted by molar-refractivity contribution is 5.93. The SMILES string of the molecule is CCCCNC(=O)c1nnn(-c2ccc(C)cc2)c1COC. The summed E-state index contributed by atoms with van der Waals surface area (Å²) in [6, 6.07) is 7.88. The molecule has 0 aliphatic heterocycles. The van der Waals surface area contributed by atoms with Gasteiger partial charge in [-0.2, -0.15) is 0 Å². The molecule has 0 radical (unpaired) electrons. The fourth-order valence-corrected chi connectivity index (χ4v) is 2.10. The van der Waals surface area contributed by atoms with E-state index in [9.17, 15) is 4.79 Å². The van der Waals surface area contributed by atoms with E-state index in [1.54, 1.807) is 11.8 Å². The summed E-state index contributed by atoms with van der Waals surface area (Å²) in [5.74, 6) is -0.209. The van der Waals surface area contributed by atoms with Gasteiger partial charge in [-0.05, 0) is 25.5 Å². The Balaban J connectivity index is 2.28. The van der Waals surface area contributed by atoms with Gasteiger partial charge in [0.1, 0.15) is 5.69 Å². The maximum absolute atomic E-state index is 12.2. The lowest BCUT2D eigenvalue weighted by Gasteiger charge is -2.08. The first kappa shape index (κ1) is 16.2. The smallest absolute Gasteiger partial charge is 0.273 e. The number of carbonyl (C=O) groups is 1. The van der Waals surface area contributed by atoms with E-state index in [0.29, 0.717) is 17.9 Å². The minimum absolute atomic E-state index is 0.209. The lowest BCUT2D eigenvalue weighted by molar-refractivity contribution is 0.0942. The monoisotopic (exact) mass is 302 g/mol. The van der Waals surface area contributed by atoms with Crippen molar-refractivity contribution < 1.29 is 9.53 Å². The van der Waals surface area contributed by atoms with Gasteiger partial charge in [0.2, 0.25) is 0 Å². The van der Waals surface area contributed by atoms with Crippen LogP contribution in [0.15, 0.2) is 24.3 Å². The summed E-state index contributed by atoms with van der Waals surface area (Å²) in [6.07, 6.45) is 1.97. The largest absolute Gasteiger partial charge is 0.378 e. The van der Waals surface area contributed by atoms with Crippen LogP contribution in [0, 0.1) is 6.92 Å². The number of hydrogen-bond acceptors (Lipinski definition) is 4. The van der Waals surface area contributed by atoms with E-state index in [4.69, 9.17) is 4.74 Å². The van der Waals surface area contributed by atoms with Crippen LogP contribution in [0.5, 0.6) is 0 Å². The number of nitrogens with one attached hydrogen (secondary N) is 1. The highest BCUT2D eigenvalue weighted by atomic mass is 16.5. The molecular weight excluding hydrogens is 280 g/mol. The molecule has 1 aromatic carbocycles. The number of methoxy groups -OCH3 is 1. The van der Waals surface area contributed by atoms with E-state index < -0.39 is 0 Å². The van der Waals surface area contributed by atoms with Crippen LogP contribution in [0.2, 0.25) is 0 Å². The number of ether oxygens (including phenoxy) is 1. The predicted octanol–water partition coefficient (Wildman–Crippen LogP) is 2.25. The van der Waals surface area contributed by atoms with Crippen LogP contribution in [-0.4, -0.2) is 34.6 Å². The third kappa shape index (κ3) is 3.71. The summed E-state index contributed by atoms with van der Waals surface area (Å²) < 4.78 is 6.86. The molecule has 6 nitrogen and oxygen atoms in total. The summed E-state index contributed by atoms with van der Waals surface area (Å²) in [5.41, 5.74) is 2.99. The Hall–Kier alpha value is -2.21. The maximum Gasteiger partial charge on any atom is 0.273 e. The third-order valence-electron chi connectivity index (χ3n) is 3.35. The van der Waals surface area contributed by atoms with E-state index in [0.717, 1.165) is 24.1 Å². The molecule has 0 bridgehead atoms. The van der Waals surface area contributed by atoms with Gasteiger partial charge in [0.15, 0.2) is 5.69 Å². The quantitative estimate of drug-likeness (QED) is 0.797. The van der Waals surface area contributed by atoms with Crippen molar-refractivity contribution >= 4 is 5.91 Å². The zero-order valence-corrected chi connectivity index (χ0v) is 13.3. The van der Waals surface area contributed by atoms with Gasteiger partial charge in [-0.25, -0.2) is 4.68 Å². The number of aromatic nitrogens is 3. The lowest BCUT2D eigenvalue weighted by Crippen LogP contribution is -2.26. The Morgan fingerprint density at radius 1 is 1.32 bits per heavy atom. The Bertz CT molecular complexity index is 620. The molecule has 6 heteroatoms. The summed E-state index contributed by atoms with van der Waals surface area (Å²) in [7, 11) is 1.59. The number of nitrogens with zero attached hydrogens (tertiary/aromatic N) is 3. The molecule has 2 aromatic rings. The van der Waals surface area contributed by atoms with E-state index >= 15 is 0 Å². The standard InChI is InChI=1S/C16H22N4O2/c1-4-5-10-17-16(21)15-14(11-22-3)20(19-18-15)13-8-6-12(2)7-9-13/h6-9H,4-5,10-11H2,1-3H3,(H,17,21). The molecule has 1 N–H and O–H groups in total. The zero-order chi connectivity index (χ0) is 15.9. The van der Waals surface area contributed by atoms with Crippen molar-refractivity contribution in [2.24, 2.45) is 0 Å². The normalized spacial score (nSPS) is 10.7. The van der Waals surface area contributed by atoms with Crippen molar-refractivity contribution in [3.63, 3.8) is 0 Å². The summed E-state index contributed by atoms with van der Waals surface area (Å²) in [4.78, 5) is 12.2. The number of amides is 1. The van der Waals surface area contributed by atoms with Gasteiger partial charge in [0.05, 0.1) is 12.3 Å². The summed E-state index contributed by atoms with van der Waals surface area (Å²) in [6.45, 7) is 5.01. The Kier molecular flexibility index (Phi) is 5.66. The van der Waals surface area contributed by atoms with E-state index in [1.807, 2.05) is 31.2 Å². The molecule has 22 heavy (non-hydrogen) atoms. The summed E-state index contributed by atoms with van der Waals surface area (Å²) in [5, 5.41) is 11.0. The lowest BCUT2D eigenvalue weighted by atomic mass is 10.2. The fraction of sp³-hybridized carbons (Fsp3) is 0.438. The molecule has 0 unspecified atom stereocenters. The zero-order valence-electron chi connectivity index (χ0n) is 13.3. The highest BCUT2D eigenvalue weighted by Gasteiger charge is 2.20. The van der Waals surface area contributed by atoms with E-state index in [1.165, 1.54) is 0 Å². The van der Waals surface area contributed by atoms with Gasteiger partial charge in [-0.3, -0.25) is 4.79 Å². The molecule has 0 saturated heterocycles. The fourth-order valence-electron chi connectivity index (χ4n) is 2.10. The van der Waals surface area contributed by atoms with Crippen molar-refractivity contribution in [3.8, 4) is 5.69 Å². The maximum atomic E-state index is 12.2. The predicted molar refractivity (Wildman–Crippen MR) is 84.1 cm³/mol. The van der Waals surface area contributed by atoms with Crippen LogP contribution in [-0.2, 0) is 11.3 Å². The Labute approximate surface area is 130 Å². The molecule has 0 atom stereocenters. The van der Waals surface area contributed by atoms with Gasteiger partial charge in [0, 0.05) is 13.7 Å². The van der Waals surface area contributed by atoms with Crippen LogP contribution in [0.3, 0.4) is 0 Å². The van der Waals surface area contributed by atoms with Crippen molar-refractivity contribution in [2.45, 2.75) is 33.3 Å². The number of rotatable bonds is 7. The molecule has 0 aliphatic rings. The van der Waals surface area contributed by atoms with E-state index in [-0.39, 0.29) is 12.5 Å². The minimum Gasteiger partial charge on any atom is -0.378 e. The van der Waals surface area contributed by atoms with Crippen LogP contribution in [0.25, 0.3) is 5.69 Å². The van der Waals surface area contributed by atoms with E-state index in [2.05, 4.69) is 22.6 Å². The molecular formula is C16H22N4O2. The van der Waals surface area contributed by atoms with Crippen LogP contribution in [0.4, 0.5) is 0 Å². The van der Waals surface area contributed by atoms with Crippen molar-refractivity contribution in [1.29, 1.82) is 0 Å². The molecule has 0 fully saturated rings. The second kappa shape index (κ2) is 7.70. The van der Waals surface area contributed by atoms with Gasteiger partial charge in [-0.15, -0.1) is 5.10 Å². The topological polar surface area (TPSA) is 69.0 Å². The van der Waals surface area contributed by atoms with Gasteiger partial charge >= 0.3 is 0 Å². The number of aryl methyl sites for hydroxylation is 1. The first-order valence-corrected chi connectivity index (χ1v) is 7.46. The summed E-state index contributed by atoms with van der Waals surface area (Å²) >= 11 is 0. The first-order chi connectivity index (χ1) is 10.7. The molecule has 0 spiro atoms. The van der Waals surface area contributed by atoms with Gasteiger partial charge in [-0.1, -0.05) is 36.3 Å². The molecule has 1 heterocycles. The van der Waals surface area contributed by atoms with Gasteiger partial charge < -0.3 is 10.1 Å². The third-order valence-corrected chi connectivity index (χ3v) is 3.35. The second-order valence-corrected chi connectivity index (χ2v) is 5.17. The number of hydrogen-bond donors (Lipinski definition) is 1. The molecule has 2 rings (SSSR count). The Morgan fingerprint density at radius 2 is 2.05 bits per heavy atom. The number of carbonyl (C=O) groups excluding carboxylic acids is 1. The molecule has 118 valence electrons.